The lowest BCUT2D eigenvalue weighted by Gasteiger charge is -2.09. The van der Waals surface area contributed by atoms with E-state index in [1.165, 1.54) is 24.3 Å². The van der Waals surface area contributed by atoms with Gasteiger partial charge >= 0.3 is 0 Å². The van der Waals surface area contributed by atoms with Crippen LogP contribution in [0.2, 0.25) is 0 Å². The molecule has 0 aliphatic rings. The SMILES string of the molecule is CC.CC.CC.CCOc1cc(C)cc(F)c1.Cc1cc(F)cc(OCC(C)C)c1. The van der Waals surface area contributed by atoms with Gasteiger partial charge in [0.25, 0.3) is 0 Å². The van der Waals surface area contributed by atoms with E-state index in [2.05, 4.69) is 13.8 Å². The van der Waals surface area contributed by atoms with Crippen LogP contribution in [0.1, 0.15) is 73.4 Å². The summed E-state index contributed by atoms with van der Waals surface area (Å²) in [6.45, 7) is 22.9. The van der Waals surface area contributed by atoms with Crippen LogP contribution in [0.5, 0.6) is 11.5 Å². The van der Waals surface area contributed by atoms with Crippen LogP contribution >= 0.6 is 0 Å². The van der Waals surface area contributed by atoms with Crippen molar-refractivity contribution in [3.63, 3.8) is 0 Å². The molecule has 0 spiro atoms. The summed E-state index contributed by atoms with van der Waals surface area (Å²) in [4.78, 5) is 0. The minimum atomic E-state index is -0.242. The molecule has 0 radical (unpaired) electrons. The Hall–Kier alpha value is -2.10. The Kier molecular flexibility index (Phi) is 23.5. The molecule has 0 fully saturated rings. The maximum atomic E-state index is 12.9. The fourth-order valence-corrected chi connectivity index (χ4v) is 2.00. The van der Waals surface area contributed by atoms with Gasteiger partial charge in [0.05, 0.1) is 13.2 Å². The largest absolute Gasteiger partial charge is 0.494 e. The third-order valence-electron chi connectivity index (χ3n) is 2.93. The summed E-state index contributed by atoms with van der Waals surface area (Å²) >= 11 is 0. The Morgan fingerprint density at radius 1 is 0.667 bits per heavy atom. The summed E-state index contributed by atoms with van der Waals surface area (Å²) in [5, 5.41) is 0. The molecule has 2 rings (SSSR count). The number of benzene rings is 2. The second-order valence-corrected chi connectivity index (χ2v) is 6.07. The molecule has 0 unspecified atom stereocenters. The van der Waals surface area contributed by atoms with E-state index >= 15 is 0 Å². The molecule has 30 heavy (non-hydrogen) atoms. The normalized spacial score (nSPS) is 8.73. The number of rotatable bonds is 5. The Balaban J connectivity index is -0.000000392. The van der Waals surface area contributed by atoms with Crippen molar-refractivity contribution in [3.8, 4) is 11.5 Å². The van der Waals surface area contributed by atoms with Crippen molar-refractivity contribution >= 4 is 0 Å². The lowest BCUT2D eigenvalue weighted by molar-refractivity contribution is 0.270. The summed E-state index contributed by atoms with van der Waals surface area (Å²) in [7, 11) is 0. The zero-order valence-corrected chi connectivity index (χ0v) is 21.0. The predicted octanol–water partition coefficient (Wildman–Crippen LogP) is 8.78. The summed E-state index contributed by atoms with van der Waals surface area (Å²) in [5.74, 6) is 1.20. The number of halogens is 2. The number of ether oxygens (including phenoxy) is 2. The van der Waals surface area contributed by atoms with Gasteiger partial charge in [-0.3, -0.25) is 0 Å². The van der Waals surface area contributed by atoms with Crippen LogP contribution < -0.4 is 9.47 Å². The highest BCUT2D eigenvalue weighted by molar-refractivity contribution is 5.29. The second kappa shape index (κ2) is 21.6. The Morgan fingerprint density at radius 2 is 1.03 bits per heavy atom. The summed E-state index contributed by atoms with van der Waals surface area (Å²) in [6.07, 6.45) is 0. The molecule has 2 nitrogen and oxygen atoms in total. The average Bonchev–Trinajstić information content (AvgIpc) is 2.70. The molecule has 4 heteroatoms. The van der Waals surface area contributed by atoms with Gasteiger partial charge in [-0.2, -0.15) is 0 Å². The van der Waals surface area contributed by atoms with Crippen LogP contribution in [0.15, 0.2) is 36.4 Å². The Labute approximate surface area is 184 Å². The molecular formula is C26H44F2O2. The highest BCUT2D eigenvalue weighted by atomic mass is 19.1. The van der Waals surface area contributed by atoms with Crippen LogP contribution in [-0.2, 0) is 0 Å². The second-order valence-electron chi connectivity index (χ2n) is 6.07. The van der Waals surface area contributed by atoms with Crippen molar-refractivity contribution in [1.82, 2.24) is 0 Å². The van der Waals surface area contributed by atoms with Gasteiger partial charge in [0.2, 0.25) is 0 Å². The van der Waals surface area contributed by atoms with Crippen molar-refractivity contribution in [3.05, 3.63) is 59.2 Å². The molecule has 2 aromatic rings. The van der Waals surface area contributed by atoms with E-state index in [0.29, 0.717) is 30.6 Å². The van der Waals surface area contributed by atoms with E-state index < -0.39 is 0 Å². The van der Waals surface area contributed by atoms with E-state index in [9.17, 15) is 8.78 Å². The van der Waals surface area contributed by atoms with Gasteiger partial charge in [-0.1, -0.05) is 55.4 Å². The van der Waals surface area contributed by atoms with Crippen molar-refractivity contribution in [2.75, 3.05) is 13.2 Å². The fourth-order valence-electron chi connectivity index (χ4n) is 2.00. The minimum Gasteiger partial charge on any atom is -0.494 e. The lowest BCUT2D eigenvalue weighted by Crippen LogP contribution is -2.04. The molecule has 0 aromatic heterocycles. The van der Waals surface area contributed by atoms with E-state index in [4.69, 9.17) is 9.47 Å². The molecule has 0 saturated heterocycles. The van der Waals surface area contributed by atoms with Gasteiger partial charge in [0, 0.05) is 12.1 Å². The van der Waals surface area contributed by atoms with Crippen LogP contribution in [0.3, 0.4) is 0 Å². The molecule has 0 aliphatic heterocycles. The first-order valence-electron chi connectivity index (χ1n) is 11.1. The summed E-state index contributed by atoms with van der Waals surface area (Å²) < 4.78 is 36.1. The summed E-state index contributed by atoms with van der Waals surface area (Å²) in [5.41, 5.74) is 1.77. The monoisotopic (exact) mass is 426 g/mol. The molecule has 0 heterocycles. The molecule has 0 amide bonds. The summed E-state index contributed by atoms with van der Waals surface area (Å²) in [6, 6.07) is 9.41. The molecule has 0 saturated carbocycles. The van der Waals surface area contributed by atoms with E-state index in [1.54, 1.807) is 0 Å². The number of hydrogen-bond donors (Lipinski definition) is 0. The van der Waals surface area contributed by atoms with Gasteiger partial charge in [0.1, 0.15) is 23.1 Å². The Bertz CT molecular complexity index is 600. The number of hydrogen-bond acceptors (Lipinski definition) is 2. The van der Waals surface area contributed by atoms with Gasteiger partial charge in [0.15, 0.2) is 0 Å². The highest BCUT2D eigenvalue weighted by Gasteiger charge is 2.00. The smallest absolute Gasteiger partial charge is 0.127 e. The molecule has 0 bridgehead atoms. The zero-order valence-electron chi connectivity index (χ0n) is 21.0. The molecule has 0 atom stereocenters. The molecule has 0 N–H and O–H groups in total. The first-order valence-corrected chi connectivity index (χ1v) is 11.1. The zero-order chi connectivity index (χ0) is 24.1. The first kappa shape index (κ1) is 32.6. The molecule has 2 aromatic carbocycles. The van der Waals surface area contributed by atoms with Crippen molar-refractivity contribution < 1.29 is 18.3 Å². The quantitative estimate of drug-likeness (QED) is 0.475. The molecule has 174 valence electrons. The maximum absolute atomic E-state index is 12.9. The van der Waals surface area contributed by atoms with Crippen LogP contribution in [0.25, 0.3) is 0 Å². The molecule has 0 aliphatic carbocycles. The maximum Gasteiger partial charge on any atom is 0.127 e. The first-order chi connectivity index (χ1) is 14.3. The molecular weight excluding hydrogens is 382 g/mol. The Morgan fingerprint density at radius 3 is 1.33 bits per heavy atom. The van der Waals surface area contributed by atoms with E-state index in [-0.39, 0.29) is 11.6 Å². The van der Waals surface area contributed by atoms with Crippen molar-refractivity contribution in [2.45, 2.75) is 76.2 Å². The van der Waals surface area contributed by atoms with E-state index in [1.807, 2.05) is 74.4 Å². The average molecular weight is 427 g/mol. The van der Waals surface area contributed by atoms with Gasteiger partial charge in [-0.05, 0) is 62.1 Å². The van der Waals surface area contributed by atoms with Gasteiger partial charge < -0.3 is 9.47 Å². The van der Waals surface area contributed by atoms with Crippen molar-refractivity contribution in [1.29, 1.82) is 0 Å². The van der Waals surface area contributed by atoms with Crippen LogP contribution in [0.4, 0.5) is 8.78 Å². The van der Waals surface area contributed by atoms with E-state index in [0.717, 1.165) is 11.1 Å². The van der Waals surface area contributed by atoms with Crippen LogP contribution in [-0.4, -0.2) is 13.2 Å². The highest BCUT2D eigenvalue weighted by Crippen LogP contribution is 2.16. The van der Waals surface area contributed by atoms with Gasteiger partial charge in [-0.25, -0.2) is 8.78 Å². The number of aryl methyl sites for hydroxylation is 2. The standard InChI is InChI=1S/C11H15FO.C9H11FO.3C2H6/c1-8(2)7-13-11-5-9(3)4-10(12)6-11;1-3-11-9-5-7(2)4-8(10)6-9;3*1-2/h4-6,8H,7H2,1-3H3;4-6H,3H2,1-2H3;3*1-2H3. The van der Waals surface area contributed by atoms with Crippen molar-refractivity contribution in [2.24, 2.45) is 5.92 Å². The lowest BCUT2D eigenvalue weighted by atomic mass is 10.2. The fraction of sp³-hybridized carbons (Fsp3) is 0.538. The minimum absolute atomic E-state index is 0.237. The third kappa shape index (κ3) is 18.0. The topological polar surface area (TPSA) is 18.5 Å². The van der Waals surface area contributed by atoms with Crippen LogP contribution in [0, 0.1) is 31.4 Å². The van der Waals surface area contributed by atoms with Gasteiger partial charge in [-0.15, -0.1) is 0 Å². The third-order valence-corrected chi connectivity index (χ3v) is 2.93. The predicted molar refractivity (Wildman–Crippen MR) is 128 cm³/mol.